The maximum Gasteiger partial charge on any atom is 0.263 e. The first-order valence-corrected chi connectivity index (χ1v) is 15.4. The van der Waals surface area contributed by atoms with E-state index in [4.69, 9.17) is 0 Å². The van der Waals surface area contributed by atoms with Gasteiger partial charge in [-0.15, -0.1) is 0 Å². The topological polar surface area (TPSA) is 21.5 Å². The second-order valence-electron chi connectivity index (χ2n) is 12.0. The maximum atomic E-state index is 14.1. The molecule has 0 aliphatic heterocycles. The van der Waals surface area contributed by atoms with Gasteiger partial charge in [-0.25, -0.2) is 0 Å². The van der Waals surface area contributed by atoms with Crippen LogP contribution >= 0.6 is 0 Å². The molecule has 10 rings (SSSR count). The molecule has 2 heteroatoms. The van der Waals surface area contributed by atoms with E-state index in [1.165, 1.54) is 49.0 Å². The van der Waals surface area contributed by atoms with Gasteiger partial charge in [0.2, 0.25) is 0 Å². The van der Waals surface area contributed by atoms with Gasteiger partial charge in [0.25, 0.3) is 5.56 Å². The monoisotopic (exact) mass is 571 g/mol. The fraction of sp³-hybridized carbons (Fsp3) is 0. The number of hydrogen-bond donors (Lipinski definition) is 0. The molecule has 208 valence electrons. The highest BCUT2D eigenvalue weighted by Gasteiger charge is 2.20. The molecule has 2 heterocycles. The van der Waals surface area contributed by atoms with Gasteiger partial charge in [-0.05, 0) is 84.2 Å². The zero-order valence-electron chi connectivity index (χ0n) is 24.3. The van der Waals surface area contributed by atoms with E-state index >= 15 is 0 Å². The van der Waals surface area contributed by atoms with Crippen molar-refractivity contribution >= 4 is 70.3 Å². The molecule has 0 aliphatic carbocycles. The number of para-hydroxylation sites is 2. The summed E-state index contributed by atoms with van der Waals surface area (Å²) in [5.41, 5.74) is 6.75. The van der Waals surface area contributed by atoms with Crippen LogP contribution in [0, 0.1) is 0 Å². The lowest BCUT2D eigenvalue weighted by atomic mass is 9.85. The molecule has 0 saturated heterocycles. The standard InChI is InChI=1S/C43H25NO/c45-43-37-23-22-29(25-38(37)36-18-9-17-35-30-12-7-8-19-39(30)44(43)42(35)36)41-33-15-5-3-13-31(33)40(32-14-4-6-16-34(32)41)28-21-20-26-10-1-2-11-27(26)24-28/h1-25H. The number of aromatic nitrogens is 1. The lowest BCUT2D eigenvalue weighted by molar-refractivity contribution is 1.21. The van der Waals surface area contributed by atoms with Crippen molar-refractivity contribution < 1.29 is 0 Å². The molecule has 0 saturated carbocycles. The van der Waals surface area contributed by atoms with Crippen LogP contribution in [0.2, 0.25) is 0 Å². The van der Waals surface area contributed by atoms with Crippen LogP contribution in [-0.4, -0.2) is 4.40 Å². The first kappa shape index (κ1) is 24.5. The van der Waals surface area contributed by atoms with E-state index in [2.05, 4.69) is 127 Å². The van der Waals surface area contributed by atoms with Gasteiger partial charge in [-0.2, -0.15) is 0 Å². The third kappa shape index (κ3) is 3.31. The van der Waals surface area contributed by atoms with Crippen LogP contribution in [0.25, 0.3) is 92.5 Å². The highest BCUT2D eigenvalue weighted by atomic mass is 16.1. The first-order chi connectivity index (χ1) is 22.3. The zero-order chi connectivity index (χ0) is 29.6. The normalized spacial score (nSPS) is 12.1. The summed E-state index contributed by atoms with van der Waals surface area (Å²) in [6.07, 6.45) is 0. The molecule has 0 aliphatic rings. The summed E-state index contributed by atoms with van der Waals surface area (Å²) < 4.78 is 1.91. The average Bonchev–Trinajstić information content (AvgIpc) is 3.44. The fourth-order valence-electron chi connectivity index (χ4n) is 7.77. The predicted octanol–water partition coefficient (Wildman–Crippen LogP) is 11.0. The van der Waals surface area contributed by atoms with E-state index in [1.807, 2.05) is 28.7 Å². The number of nitrogens with zero attached hydrogens (tertiary/aromatic N) is 1. The molecule has 10 aromatic rings. The summed E-state index contributed by atoms with van der Waals surface area (Å²) in [5.74, 6) is 0. The smallest absolute Gasteiger partial charge is 0.263 e. The third-order valence-corrected chi connectivity index (χ3v) is 9.70. The maximum absolute atomic E-state index is 14.1. The molecule has 8 aromatic carbocycles. The molecular formula is C43H25NO. The first-order valence-electron chi connectivity index (χ1n) is 15.4. The number of benzene rings is 8. The van der Waals surface area contributed by atoms with Crippen LogP contribution in [-0.2, 0) is 0 Å². The Bertz CT molecular complexity index is 2840. The van der Waals surface area contributed by atoms with Crippen molar-refractivity contribution in [1.29, 1.82) is 0 Å². The van der Waals surface area contributed by atoms with Crippen molar-refractivity contribution in [3.63, 3.8) is 0 Å². The predicted molar refractivity (Wildman–Crippen MR) is 191 cm³/mol. The minimum atomic E-state index is 0.0304. The van der Waals surface area contributed by atoms with Gasteiger partial charge in [0.05, 0.1) is 11.0 Å². The molecule has 0 unspecified atom stereocenters. The van der Waals surface area contributed by atoms with Gasteiger partial charge in [0, 0.05) is 21.5 Å². The number of rotatable bonds is 2. The van der Waals surface area contributed by atoms with Crippen LogP contribution in [0.4, 0.5) is 0 Å². The van der Waals surface area contributed by atoms with E-state index < -0.39 is 0 Å². The second kappa shape index (κ2) is 9.01. The van der Waals surface area contributed by atoms with Crippen molar-refractivity contribution in [2.45, 2.75) is 0 Å². The van der Waals surface area contributed by atoms with Gasteiger partial charge in [0.15, 0.2) is 0 Å². The summed E-state index contributed by atoms with van der Waals surface area (Å²) in [4.78, 5) is 14.1. The van der Waals surface area contributed by atoms with Crippen molar-refractivity contribution in [3.8, 4) is 22.3 Å². The molecule has 0 amide bonds. The molecule has 0 bridgehead atoms. The van der Waals surface area contributed by atoms with Gasteiger partial charge < -0.3 is 0 Å². The Morgan fingerprint density at radius 2 is 0.867 bits per heavy atom. The Balaban J connectivity index is 1.32. The Morgan fingerprint density at radius 1 is 0.356 bits per heavy atom. The van der Waals surface area contributed by atoms with Crippen LogP contribution in [0.1, 0.15) is 0 Å². The largest absolute Gasteiger partial charge is 0.275 e. The van der Waals surface area contributed by atoms with Crippen molar-refractivity contribution in [2.75, 3.05) is 0 Å². The molecule has 2 nitrogen and oxygen atoms in total. The summed E-state index contributed by atoms with van der Waals surface area (Å²) in [7, 11) is 0. The number of fused-ring (bicyclic) bond motifs is 8. The lowest BCUT2D eigenvalue weighted by Crippen LogP contribution is -2.12. The van der Waals surface area contributed by atoms with Crippen LogP contribution < -0.4 is 5.56 Å². The molecule has 45 heavy (non-hydrogen) atoms. The number of pyridine rings is 1. The van der Waals surface area contributed by atoms with Gasteiger partial charge >= 0.3 is 0 Å². The fourth-order valence-corrected chi connectivity index (χ4v) is 7.77. The Hall–Kier alpha value is -5.99. The third-order valence-electron chi connectivity index (χ3n) is 9.70. The van der Waals surface area contributed by atoms with Crippen LogP contribution in [0.3, 0.4) is 0 Å². The Morgan fingerprint density at radius 3 is 1.56 bits per heavy atom. The Labute approximate surface area is 258 Å². The van der Waals surface area contributed by atoms with E-state index in [9.17, 15) is 4.79 Å². The quantitative estimate of drug-likeness (QED) is 0.149. The van der Waals surface area contributed by atoms with Gasteiger partial charge in [-0.3, -0.25) is 9.20 Å². The molecule has 2 aromatic heterocycles. The van der Waals surface area contributed by atoms with Crippen LogP contribution in [0.15, 0.2) is 156 Å². The molecule has 0 spiro atoms. The van der Waals surface area contributed by atoms with Crippen molar-refractivity contribution in [3.05, 3.63) is 162 Å². The van der Waals surface area contributed by atoms with E-state index in [0.717, 1.165) is 43.5 Å². The van der Waals surface area contributed by atoms with Gasteiger partial charge in [0.1, 0.15) is 0 Å². The SMILES string of the molecule is O=c1c2ccc(-c3c4ccccc4c(-c4ccc5ccccc5c4)c4ccccc34)cc2c2cccc3c4ccccc4n1c23. The summed E-state index contributed by atoms with van der Waals surface area (Å²) in [6.45, 7) is 0. The summed E-state index contributed by atoms with van der Waals surface area (Å²) >= 11 is 0. The summed E-state index contributed by atoms with van der Waals surface area (Å²) in [6, 6.07) is 53.9. The molecule has 0 atom stereocenters. The zero-order valence-corrected chi connectivity index (χ0v) is 24.3. The molecule has 0 radical (unpaired) electrons. The summed E-state index contributed by atoms with van der Waals surface area (Å²) in [5, 5.41) is 12.4. The van der Waals surface area contributed by atoms with Crippen LogP contribution in [0.5, 0.6) is 0 Å². The molecular weight excluding hydrogens is 546 g/mol. The lowest BCUT2D eigenvalue weighted by Gasteiger charge is -2.18. The highest BCUT2D eigenvalue weighted by Crippen LogP contribution is 2.45. The average molecular weight is 572 g/mol. The minimum Gasteiger partial charge on any atom is -0.275 e. The Kier molecular flexibility index (Phi) is 4.90. The highest BCUT2D eigenvalue weighted by molar-refractivity contribution is 6.24. The van der Waals surface area contributed by atoms with Crippen molar-refractivity contribution in [1.82, 2.24) is 4.40 Å². The minimum absolute atomic E-state index is 0.0304. The van der Waals surface area contributed by atoms with E-state index in [0.29, 0.717) is 0 Å². The molecule has 0 N–H and O–H groups in total. The second-order valence-corrected chi connectivity index (χ2v) is 12.0. The van der Waals surface area contributed by atoms with Crippen molar-refractivity contribution in [2.24, 2.45) is 0 Å². The van der Waals surface area contributed by atoms with E-state index in [-0.39, 0.29) is 5.56 Å². The number of hydrogen-bond acceptors (Lipinski definition) is 1. The van der Waals surface area contributed by atoms with Gasteiger partial charge in [-0.1, -0.05) is 127 Å². The molecule has 0 fully saturated rings. The van der Waals surface area contributed by atoms with E-state index in [1.54, 1.807) is 0 Å².